The maximum Gasteiger partial charge on any atom is 0.223 e. The molecule has 1 atom stereocenters. The fourth-order valence-corrected chi connectivity index (χ4v) is 3.28. The zero-order valence-corrected chi connectivity index (χ0v) is 12.9. The van der Waals surface area contributed by atoms with Crippen molar-refractivity contribution in [2.75, 3.05) is 6.54 Å². The van der Waals surface area contributed by atoms with Crippen LogP contribution in [0.3, 0.4) is 0 Å². The quantitative estimate of drug-likeness (QED) is 0.743. The zero-order chi connectivity index (χ0) is 15.1. The highest BCUT2D eigenvalue weighted by molar-refractivity contribution is 5.75. The van der Waals surface area contributed by atoms with Crippen LogP contribution < -0.4 is 0 Å². The SMILES string of the molecule is Cc1nc([C@@H]2CCCN2Cc2nc3ccccc3n2C)no1. The fraction of sp³-hybridized carbons (Fsp3) is 0.438. The Kier molecular flexibility index (Phi) is 3.18. The summed E-state index contributed by atoms with van der Waals surface area (Å²) in [6, 6.07) is 8.48. The largest absolute Gasteiger partial charge is 0.340 e. The van der Waals surface area contributed by atoms with E-state index in [2.05, 4.69) is 44.9 Å². The van der Waals surface area contributed by atoms with Crippen molar-refractivity contribution >= 4 is 11.0 Å². The van der Waals surface area contributed by atoms with Gasteiger partial charge in [-0.25, -0.2) is 4.98 Å². The molecule has 0 radical (unpaired) electrons. The molecule has 0 unspecified atom stereocenters. The van der Waals surface area contributed by atoms with Gasteiger partial charge >= 0.3 is 0 Å². The van der Waals surface area contributed by atoms with E-state index >= 15 is 0 Å². The van der Waals surface area contributed by atoms with Crippen LogP contribution in [-0.4, -0.2) is 31.1 Å². The van der Waals surface area contributed by atoms with Crippen LogP contribution in [0.5, 0.6) is 0 Å². The first-order chi connectivity index (χ1) is 10.7. The summed E-state index contributed by atoms with van der Waals surface area (Å²) in [4.78, 5) is 11.6. The highest BCUT2D eigenvalue weighted by atomic mass is 16.5. The molecule has 0 spiro atoms. The number of benzene rings is 1. The number of likely N-dealkylation sites (tertiary alicyclic amines) is 1. The molecule has 22 heavy (non-hydrogen) atoms. The van der Waals surface area contributed by atoms with Gasteiger partial charge in [-0.1, -0.05) is 17.3 Å². The Hall–Kier alpha value is -2.21. The van der Waals surface area contributed by atoms with Gasteiger partial charge in [-0.15, -0.1) is 0 Å². The topological polar surface area (TPSA) is 60.0 Å². The molecule has 0 N–H and O–H groups in total. The number of fused-ring (bicyclic) bond motifs is 1. The van der Waals surface area contributed by atoms with Crippen LogP contribution in [-0.2, 0) is 13.6 Å². The van der Waals surface area contributed by atoms with Crippen molar-refractivity contribution < 1.29 is 4.52 Å². The third-order valence-corrected chi connectivity index (χ3v) is 4.43. The molecule has 6 nitrogen and oxygen atoms in total. The number of nitrogens with zero attached hydrogens (tertiary/aromatic N) is 5. The van der Waals surface area contributed by atoms with E-state index in [1.165, 1.54) is 5.52 Å². The molecule has 6 heteroatoms. The molecule has 114 valence electrons. The summed E-state index contributed by atoms with van der Waals surface area (Å²) in [5.74, 6) is 2.51. The van der Waals surface area contributed by atoms with Crippen LogP contribution >= 0.6 is 0 Å². The molecule has 0 aliphatic carbocycles. The van der Waals surface area contributed by atoms with Crippen molar-refractivity contribution in [3.63, 3.8) is 0 Å². The minimum absolute atomic E-state index is 0.234. The summed E-state index contributed by atoms with van der Waals surface area (Å²) >= 11 is 0. The summed E-state index contributed by atoms with van der Waals surface area (Å²) < 4.78 is 7.31. The second kappa shape index (κ2) is 5.21. The number of aromatic nitrogens is 4. The Morgan fingerprint density at radius 1 is 1.27 bits per heavy atom. The smallest absolute Gasteiger partial charge is 0.223 e. The van der Waals surface area contributed by atoms with E-state index in [0.717, 1.165) is 43.1 Å². The molecular weight excluding hydrogens is 278 g/mol. The van der Waals surface area contributed by atoms with Crippen LogP contribution in [0.1, 0.15) is 36.4 Å². The van der Waals surface area contributed by atoms with Gasteiger partial charge in [-0.3, -0.25) is 4.90 Å². The molecule has 3 heterocycles. The van der Waals surface area contributed by atoms with E-state index in [0.29, 0.717) is 5.89 Å². The molecule has 0 saturated carbocycles. The predicted octanol–water partition coefficient (Wildman–Crippen LogP) is 2.60. The van der Waals surface area contributed by atoms with Gasteiger partial charge < -0.3 is 9.09 Å². The maximum atomic E-state index is 5.14. The lowest BCUT2D eigenvalue weighted by Gasteiger charge is -2.21. The molecule has 1 saturated heterocycles. The molecule has 0 amide bonds. The molecule has 4 rings (SSSR count). The van der Waals surface area contributed by atoms with Gasteiger partial charge in [-0.05, 0) is 31.5 Å². The van der Waals surface area contributed by atoms with Gasteiger partial charge in [0.2, 0.25) is 5.89 Å². The van der Waals surface area contributed by atoms with Gasteiger partial charge in [0.05, 0.1) is 23.6 Å². The van der Waals surface area contributed by atoms with Crippen molar-refractivity contribution in [2.45, 2.75) is 32.4 Å². The van der Waals surface area contributed by atoms with Gasteiger partial charge in [0.15, 0.2) is 5.82 Å². The Bertz CT molecular complexity index is 806. The van der Waals surface area contributed by atoms with Gasteiger partial charge in [0.25, 0.3) is 0 Å². The second-order valence-electron chi connectivity index (χ2n) is 5.88. The van der Waals surface area contributed by atoms with E-state index in [1.54, 1.807) is 0 Å². The maximum absolute atomic E-state index is 5.14. The van der Waals surface area contributed by atoms with Crippen molar-refractivity contribution in [3.8, 4) is 0 Å². The van der Waals surface area contributed by atoms with Crippen molar-refractivity contribution in [3.05, 3.63) is 41.8 Å². The number of hydrogen-bond donors (Lipinski definition) is 0. The van der Waals surface area contributed by atoms with Gasteiger partial charge in [0, 0.05) is 14.0 Å². The minimum Gasteiger partial charge on any atom is -0.340 e. The van der Waals surface area contributed by atoms with E-state index < -0.39 is 0 Å². The standard InChI is InChI=1S/C16H19N5O/c1-11-17-16(19-22-11)14-8-5-9-21(14)10-15-18-12-6-3-4-7-13(12)20(15)2/h3-4,6-7,14H,5,8-10H2,1-2H3/t14-/m0/s1. The minimum atomic E-state index is 0.234. The summed E-state index contributed by atoms with van der Waals surface area (Å²) in [5.41, 5.74) is 2.22. The predicted molar refractivity (Wildman–Crippen MR) is 82.1 cm³/mol. The average molecular weight is 297 g/mol. The number of imidazole rings is 1. The lowest BCUT2D eigenvalue weighted by Crippen LogP contribution is -2.25. The number of hydrogen-bond acceptors (Lipinski definition) is 5. The second-order valence-corrected chi connectivity index (χ2v) is 5.88. The van der Waals surface area contributed by atoms with Crippen LogP contribution in [0, 0.1) is 6.92 Å². The third-order valence-electron chi connectivity index (χ3n) is 4.43. The lowest BCUT2D eigenvalue weighted by molar-refractivity contribution is 0.227. The summed E-state index contributed by atoms with van der Waals surface area (Å²) in [7, 11) is 2.08. The van der Waals surface area contributed by atoms with Crippen LogP contribution in [0.25, 0.3) is 11.0 Å². The summed E-state index contributed by atoms with van der Waals surface area (Å²) in [6.07, 6.45) is 2.23. The highest BCUT2D eigenvalue weighted by Gasteiger charge is 2.30. The van der Waals surface area contributed by atoms with Crippen molar-refractivity contribution in [1.29, 1.82) is 0 Å². The molecular formula is C16H19N5O. The summed E-state index contributed by atoms with van der Waals surface area (Å²) in [6.45, 7) is 3.69. The van der Waals surface area contributed by atoms with Crippen LogP contribution in [0.2, 0.25) is 0 Å². The van der Waals surface area contributed by atoms with Crippen LogP contribution in [0.4, 0.5) is 0 Å². The fourth-order valence-electron chi connectivity index (χ4n) is 3.28. The average Bonchev–Trinajstić information content (AvgIpc) is 3.21. The first kappa shape index (κ1) is 13.5. The Morgan fingerprint density at radius 3 is 2.91 bits per heavy atom. The highest BCUT2D eigenvalue weighted by Crippen LogP contribution is 2.31. The molecule has 1 fully saturated rings. The van der Waals surface area contributed by atoms with Crippen molar-refractivity contribution in [2.24, 2.45) is 7.05 Å². The number of aryl methyl sites for hydroxylation is 2. The molecule has 1 aromatic carbocycles. The monoisotopic (exact) mass is 297 g/mol. The molecule has 0 bridgehead atoms. The lowest BCUT2D eigenvalue weighted by atomic mass is 10.2. The van der Waals surface area contributed by atoms with Gasteiger partial charge in [-0.2, -0.15) is 4.98 Å². The van der Waals surface area contributed by atoms with Crippen molar-refractivity contribution in [1.82, 2.24) is 24.6 Å². The van der Waals surface area contributed by atoms with E-state index in [4.69, 9.17) is 9.51 Å². The van der Waals surface area contributed by atoms with E-state index in [1.807, 2.05) is 13.0 Å². The number of para-hydroxylation sites is 2. The summed E-state index contributed by atoms with van der Waals surface area (Å²) in [5, 5.41) is 4.10. The van der Waals surface area contributed by atoms with E-state index in [-0.39, 0.29) is 6.04 Å². The van der Waals surface area contributed by atoms with Crippen LogP contribution in [0.15, 0.2) is 28.8 Å². The Morgan fingerprint density at radius 2 is 2.14 bits per heavy atom. The molecule has 3 aromatic rings. The zero-order valence-electron chi connectivity index (χ0n) is 12.9. The Labute approximate surface area is 128 Å². The molecule has 1 aliphatic rings. The molecule has 1 aliphatic heterocycles. The molecule has 2 aromatic heterocycles. The van der Waals surface area contributed by atoms with Gasteiger partial charge in [0.1, 0.15) is 5.82 Å². The first-order valence-electron chi connectivity index (χ1n) is 7.67. The number of rotatable bonds is 3. The Balaban J connectivity index is 1.62. The van der Waals surface area contributed by atoms with E-state index in [9.17, 15) is 0 Å². The first-order valence-corrected chi connectivity index (χ1v) is 7.67. The normalized spacial score (nSPS) is 19.3. The third kappa shape index (κ3) is 2.20.